The van der Waals surface area contributed by atoms with Crippen molar-refractivity contribution in [1.82, 2.24) is 10.2 Å². The largest absolute Gasteiger partial charge is 0.491 e. The molecule has 168 valence electrons. The van der Waals surface area contributed by atoms with E-state index in [2.05, 4.69) is 10.6 Å². The van der Waals surface area contributed by atoms with Crippen LogP contribution < -0.4 is 15.4 Å². The molecule has 1 heterocycles. The maximum Gasteiger partial charge on any atom is 0.325 e. The smallest absolute Gasteiger partial charge is 0.325 e. The van der Waals surface area contributed by atoms with E-state index in [0.717, 1.165) is 4.90 Å². The Morgan fingerprint density at radius 3 is 2.59 bits per heavy atom. The second kappa shape index (κ2) is 9.41. The van der Waals surface area contributed by atoms with E-state index in [1.54, 1.807) is 30.3 Å². The molecule has 1 saturated carbocycles. The first-order valence-electron chi connectivity index (χ1n) is 10.1. The quantitative estimate of drug-likeness (QED) is 0.345. The highest BCUT2D eigenvalue weighted by Gasteiger charge is 2.50. The van der Waals surface area contributed by atoms with Crippen LogP contribution in [0.5, 0.6) is 5.75 Å². The molecule has 8 nitrogen and oxygen atoms in total. The number of carbonyl (C=O) groups is 3. The van der Waals surface area contributed by atoms with Gasteiger partial charge in [0.25, 0.3) is 5.91 Å². The third kappa shape index (κ3) is 4.70. The van der Waals surface area contributed by atoms with Crippen LogP contribution in [0.3, 0.4) is 0 Å². The molecule has 2 aromatic rings. The Morgan fingerprint density at radius 2 is 1.97 bits per heavy atom. The van der Waals surface area contributed by atoms with Crippen molar-refractivity contribution in [2.75, 3.05) is 18.5 Å². The Bertz CT molecular complexity index is 1040. The van der Waals surface area contributed by atoms with Crippen molar-refractivity contribution in [2.24, 2.45) is 5.92 Å². The fourth-order valence-electron chi connectivity index (χ4n) is 3.65. The number of urea groups is 1. The van der Waals surface area contributed by atoms with E-state index in [0.29, 0.717) is 27.7 Å². The van der Waals surface area contributed by atoms with Gasteiger partial charge in [-0.2, -0.15) is 0 Å². The Balaban J connectivity index is 1.52. The van der Waals surface area contributed by atoms with E-state index in [9.17, 15) is 18.8 Å². The molecule has 1 saturated heterocycles. The lowest BCUT2D eigenvalue weighted by Gasteiger charge is -2.24. The maximum absolute atomic E-state index is 14.2. The molecule has 2 aliphatic rings. The second-order valence-corrected chi connectivity index (χ2v) is 8.87. The predicted octanol–water partition coefficient (Wildman–Crippen LogP) is 2.81. The molecule has 0 unspecified atom stereocenters. The van der Waals surface area contributed by atoms with Crippen LogP contribution in [-0.2, 0) is 9.59 Å². The normalized spacial score (nSPS) is 19.0. The van der Waals surface area contributed by atoms with E-state index in [4.69, 9.17) is 9.84 Å². The molecule has 0 bridgehead atoms. The van der Waals surface area contributed by atoms with E-state index in [1.807, 2.05) is 22.6 Å². The van der Waals surface area contributed by atoms with Gasteiger partial charge in [0.1, 0.15) is 30.3 Å². The number of hydrogen-bond acceptors (Lipinski definition) is 5. The standard InChI is InChI=1S/C22H21FIN3O5/c23-16-11-14(24)5-8-17(16)25-20(29)19(13-1-2-13)27-21(30)18(26-22(27)31)12-3-6-15(7-4-12)32-10-9-28/h3-8,11,13,18-19,28H,1-2,9-10H2,(H,25,29)(H,26,31)/t18-,19+/m1/s1. The van der Waals surface area contributed by atoms with Gasteiger partial charge in [-0.05, 0) is 77.2 Å². The van der Waals surface area contributed by atoms with Gasteiger partial charge >= 0.3 is 6.03 Å². The molecule has 0 radical (unpaired) electrons. The molecule has 1 aliphatic carbocycles. The zero-order chi connectivity index (χ0) is 22.8. The fraction of sp³-hybridized carbons (Fsp3) is 0.318. The molecule has 0 spiro atoms. The van der Waals surface area contributed by atoms with Crippen LogP contribution in [0.4, 0.5) is 14.9 Å². The summed E-state index contributed by atoms with van der Waals surface area (Å²) >= 11 is 1.96. The first-order chi connectivity index (χ1) is 15.4. The van der Waals surface area contributed by atoms with E-state index in [1.165, 1.54) is 12.1 Å². The summed E-state index contributed by atoms with van der Waals surface area (Å²) in [6, 6.07) is 8.36. The lowest BCUT2D eigenvalue weighted by molar-refractivity contribution is -0.134. The van der Waals surface area contributed by atoms with E-state index < -0.39 is 35.7 Å². The number of halogens is 2. The molecule has 0 aromatic heterocycles. The maximum atomic E-state index is 14.2. The number of imide groups is 1. The number of ether oxygens (including phenoxy) is 1. The Labute approximate surface area is 197 Å². The number of amides is 4. The third-order valence-corrected chi connectivity index (χ3v) is 6.02. The zero-order valence-corrected chi connectivity index (χ0v) is 19.0. The van der Waals surface area contributed by atoms with Gasteiger partial charge in [-0.1, -0.05) is 12.1 Å². The summed E-state index contributed by atoms with van der Waals surface area (Å²) in [4.78, 5) is 39.8. The molecule has 2 aromatic carbocycles. The molecule has 2 atom stereocenters. The summed E-state index contributed by atoms with van der Waals surface area (Å²) in [5.74, 6) is -1.35. The summed E-state index contributed by atoms with van der Waals surface area (Å²) in [6.07, 6.45) is 1.40. The first-order valence-corrected chi connectivity index (χ1v) is 11.2. The van der Waals surface area contributed by atoms with Crippen molar-refractivity contribution in [3.63, 3.8) is 0 Å². The van der Waals surface area contributed by atoms with Crippen molar-refractivity contribution < 1.29 is 28.6 Å². The van der Waals surface area contributed by atoms with Crippen LogP contribution in [0.25, 0.3) is 0 Å². The van der Waals surface area contributed by atoms with Crippen molar-refractivity contribution in [3.05, 3.63) is 57.4 Å². The van der Waals surface area contributed by atoms with E-state index >= 15 is 0 Å². The van der Waals surface area contributed by atoms with Gasteiger partial charge in [-0.15, -0.1) is 0 Å². The molecule has 4 rings (SSSR count). The lowest BCUT2D eigenvalue weighted by Crippen LogP contribution is -2.49. The number of nitrogens with one attached hydrogen (secondary N) is 2. The minimum absolute atomic E-state index is 0.00291. The van der Waals surface area contributed by atoms with Crippen LogP contribution in [-0.4, -0.2) is 47.1 Å². The lowest BCUT2D eigenvalue weighted by atomic mass is 10.1. The second-order valence-electron chi connectivity index (χ2n) is 7.63. The van der Waals surface area contributed by atoms with Crippen molar-refractivity contribution >= 4 is 46.1 Å². The average molecular weight is 553 g/mol. The summed E-state index contributed by atoms with van der Waals surface area (Å²) in [7, 11) is 0. The molecule has 1 aliphatic heterocycles. The zero-order valence-electron chi connectivity index (χ0n) is 16.9. The van der Waals surface area contributed by atoms with Crippen molar-refractivity contribution in [1.29, 1.82) is 0 Å². The number of hydrogen-bond donors (Lipinski definition) is 3. The Morgan fingerprint density at radius 1 is 1.25 bits per heavy atom. The number of carbonyl (C=O) groups excluding carboxylic acids is 3. The summed E-state index contributed by atoms with van der Waals surface area (Å²) in [5, 5.41) is 14.0. The minimum Gasteiger partial charge on any atom is -0.491 e. The molecule has 32 heavy (non-hydrogen) atoms. The van der Waals surface area contributed by atoms with Crippen LogP contribution in [0, 0.1) is 15.3 Å². The topological polar surface area (TPSA) is 108 Å². The van der Waals surface area contributed by atoms with Gasteiger partial charge in [0, 0.05) is 3.57 Å². The highest BCUT2D eigenvalue weighted by molar-refractivity contribution is 14.1. The number of aliphatic hydroxyl groups excluding tert-OH is 1. The Kier molecular flexibility index (Phi) is 6.60. The van der Waals surface area contributed by atoms with E-state index in [-0.39, 0.29) is 24.8 Å². The highest BCUT2D eigenvalue weighted by Crippen LogP contribution is 2.38. The predicted molar refractivity (Wildman–Crippen MR) is 121 cm³/mol. The number of aliphatic hydroxyl groups is 1. The average Bonchev–Trinajstić information content (AvgIpc) is 3.56. The van der Waals surface area contributed by atoms with Crippen LogP contribution in [0.2, 0.25) is 0 Å². The van der Waals surface area contributed by atoms with Gasteiger partial charge in [0.2, 0.25) is 5.91 Å². The monoisotopic (exact) mass is 553 g/mol. The first kappa shape index (κ1) is 22.5. The SMILES string of the molecule is O=C(Nc1ccc(I)cc1F)[C@H](C1CC1)N1C(=O)N[C@H](c2ccc(OCCO)cc2)C1=O. The summed E-state index contributed by atoms with van der Waals surface area (Å²) in [6.45, 7) is 0.0240. The number of benzene rings is 2. The fourth-order valence-corrected chi connectivity index (χ4v) is 4.11. The van der Waals surface area contributed by atoms with Crippen LogP contribution in [0.1, 0.15) is 24.4 Å². The van der Waals surface area contributed by atoms with Gasteiger partial charge in [0.15, 0.2) is 0 Å². The number of rotatable bonds is 8. The van der Waals surface area contributed by atoms with Crippen molar-refractivity contribution in [3.8, 4) is 5.75 Å². The number of anilines is 1. The van der Waals surface area contributed by atoms with Crippen molar-refractivity contribution in [2.45, 2.75) is 24.9 Å². The number of nitrogens with zero attached hydrogens (tertiary/aromatic N) is 1. The molecule has 10 heteroatoms. The molecular formula is C22H21FIN3O5. The molecule has 2 fully saturated rings. The molecule has 3 N–H and O–H groups in total. The van der Waals surface area contributed by atoms with Gasteiger partial charge in [0.05, 0.1) is 12.3 Å². The minimum atomic E-state index is -1.02. The van der Waals surface area contributed by atoms with Crippen LogP contribution >= 0.6 is 22.6 Å². The molecule has 4 amide bonds. The van der Waals surface area contributed by atoms with Gasteiger partial charge in [-0.3, -0.25) is 9.59 Å². The third-order valence-electron chi connectivity index (χ3n) is 5.35. The van der Waals surface area contributed by atoms with Gasteiger partial charge in [-0.25, -0.2) is 14.1 Å². The summed E-state index contributed by atoms with van der Waals surface area (Å²) < 4.78 is 20.2. The highest BCUT2D eigenvalue weighted by atomic mass is 127. The Hall–Kier alpha value is -2.73. The molecular weight excluding hydrogens is 532 g/mol. The summed E-state index contributed by atoms with van der Waals surface area (Å²) in [5.41, 5.74) is 0.545. The van der Waals surface area contributed by atoms with Crippen LogP contribution in [0.15, 0.2) is 42.5 Å². The van der Waals surface area contributed by atoms with Gasteiger partial charge < -0.3 is 20.5 Å².